The summed E-state index contributed by atoms with van der Waals surface area (Å²) in [4.78, 5) is 32.2. The molecule has 1 atom stereocenters. The fourth-order valence-corrected chi connectivity index (χ4v) is 5.02. The van der Waals surface area contributed by atoms with Crippen molar-refractivity contribution in [2.75, 3.05) is 27.2 Å². The highest BCUT2D eigenvalue weighted by atomic mass is 16.3. The Labute approximate surface area is 212 Å². The van der Waals surface area contributed by atoms with Crippen molar-refractivity contribution in [3.8, 4) is 11.1 Å². The molecule has 1 aliphatic carbocycles. The van der Waals surface area contributed by atoms with Crippen LogP contribution in [0.4, 0.5) is 0 Å². The SMILES string of the molecule is CN(C)CC1(NC(=O)c2cccc([C@@H](CO)NC(=O)c3ccc(-c4ccncc4)cc3)c2)CCCC1. The molecule has 188 valence electrons. The van der Waals surface area contributed by atoms with Gasteiger partial charge >= 0.3 is 0 Å². The van der Waals surface area contributed by atoms with Crippen LogP contribution in [0.15, 0.2) is 73.1 Å². The van der Waals surface area contributed by atoms with Gasteiger partial charge in [-0.05, 0) is 80.0 Å². The number of likely N-dealkylation sites (N-methyl/N-ethyl adjacent to an activating group) is 1. The molecule has 2 amide bonds. The number of benzene rings is 2. The molecule has 7 heteroatoms. The molecule has 1 aromatic heterocycles. The minimum absolute atomic E-state index is 0.129. The van der Waals surface area contributed by atoms with E-state index in [2.05, 4.69) is 20.5 Å². The Morgan fingerprint density at radius 2 is 1.61 bits per heavy atom. The zero-order valence-corrected chi connectivity index (χ0v) is 20.9. The van der Waals surface area contributed by atoms with Gasteiger partial charge < -0.3 is 20.6 Å². The molecule has 0 aliphatic heterocycles. The van der Waals surface area contributed by atoms with Crippen LogP contribution in [0.3, 0.4) is 0 Å². The Kier molecular flexibility index (Phi) is 8.13. The Bertz CT molecular complexity index is 1170. The van der Waals surface area contributed by atoms with Crippen molar-refractivity contribution in [3.63, 3.8) is 0 Å². The molecule has 0 radical (unpaired) electrons. The zero-order valence-electron chi connectivity index (χ0n) is 20.9. The summed E-state index contributed by atoms with van der Waals surface area (Å²) in [7, 11) is 4.04. The van der Waals surface area contributed by atoms with E-state index in [1.54, 1.807) is 42.7 Å². The quantitative estimate of drug-likeness (QED) is 0.428. The lowest BCUT2D eigenvalue weighted by molar-refractivity contribution is 0.0880. The summed E-state index contributed by atoms with van der Waals surface area (Å²) >= 11 is 0. The summed E-state index contributed by atoms with van der Waals surface area (Å²) in [5.74, 6) is -0.420. The summed E-state index contributed by atoms with van der Waals surface area (Å²) in [6.45, 7) is 0.518. The molecule has 4 rings (SSSR count). The van der Waals surface area contributed by atoms with Gasteiger partial charge in [0.15, 0.2) is 0 Å². The lowest BCUT2D eigenvalue weighted by atomic mass is 9.95. The molecular weight excluding hydrogens is 452 g/mol. The maximum Gasteiger partial charge on any atom is 0.251 e. The maximum atomic E-state index is 13.2. The number of carbonyl (C=O) groups excluding carboxylic acids is 2. The van der Waals surface area contributed by atoms with Crippen molar-refractivity contribution in [1.82, 2.24) is 20.5 Å². The molecule has 36 heavy (non-hydrogen) atoms. The van der Waals surface area contributed by atoms with Gasteiger partial charge in [0.1, 0.15) is 0 Å². The monoisotopic (exact) mass is 486 g/mol. The fraction of sp³-hybridized carbons (Fsp3) is 0.345. The first-order valence-electron chi connectivity index (χ1n) is 12.4. The summed E-state index contributed by atoms with van der Waals surface area (Å²) in [6.07, 6.45) is 7.60. The molecule has 1 aliphatic rings. The van der Waals surface area contributed by atoms with Crippen LogP contribution >= 0.6 is 0 Å². The van der Waals surface area contributed by atoms with Crippen molar-refractivity contribution in [2.24, 2.45) is 0 Å². The largest absolute Gasteiger partial charge is 0.394 e. The van der Waals surface area contributed by atoms with Crippen LogP contribution in [0.2, 0.25) is 0 Å². The molecule has 0 saturated heterocycles. The summed E-state index contributed by atoms with van der Waals surface area (Å²) in [6, 6.07) is 17.6. The Balaban J connectivity index is 1.45. The van der Waals surface area contributed by atoms with Crippen LogP contribution in [0.1, 0.15) is 58.0 Å². The number of hydrogen-bond acceptors (Lipinski definition) is 5. The van der Waals surface area contributed by atoms with Gasteiger partial charge in [-0.1, -0.05) is 37.1 Å². The molecule has 0 unspecified atom stereocenters. The van der Waals surface area contributed by atoms with E-state index in [1.165, 1.54) is 0 Å². The van der Waals surface area contributed by atoms with Gasteiger partial charge in [0, 0.05) is 30.1 Å². The second-order valence-electron chi connectivity index (χ2n) is 9.83. The van der Waals surface area contributed by atoms with E-state index in [1.807, 2.05) is 44.4 Å². The number of amides is 2. The van der Waals surface area contributed by atoms with Crippen LogP contribution < -0.4 is 10.6 Å². The smallest absolute Gasteiger partial charge is 0.251 e. The van der Waals surface area contributed by atoms with Gasteiger partial charge in [-0.2, -0.15) is 0 Å². The van der Waals surface area contributed by atoms with Gasteiger partial charge in [0.2, 0.25) is 0 Å². The number of nitrogens with one attached hydrogen (secondary N) is 2. The predicted molar refractivity (Wildman–Crippen MR) is 141 cm³/mol. The molecule has 3 aromatic rings. The number of pyridine rings is 1. The van der Waals surface area contributed by atoms with Crippen LogP contribution in [0, 0.1) is 0 Å². The number of aliphatic hydroxyl groups is 1. The minimum Gasteiger partial charge on any atom is -0.394 e. The van der Waals surface area contributed by atoms with Gasteiger partial charge in [-0.15, -0.1) is 0 Å². The van der Waals surface area contributed by atoms with E-state index in [0.29, 0.717) is 16.7 Å². The highest BCUT2D eigenvalue weighted by Crippen LogP contribution is 2.30. The predicted octanol–water partition coefficient (Wildman–Crippen LogP) is 3.82. The molecule has 1 fully saturated rings. The average molecular weight is 487 g/mol. The third-order valence-corrected chi connectivity index (χ3v) is 6.76. The van der Waals surface area contributed by atoms with E-state index < -0.39 is 6.04 Å². The van der Waals surface area contributed by atoms with E-state index in [9.17, 15) is 14.7 Å². The first-order chi connectivity index (χ1) is 17.4. The molecule has 3 N–H and O–H groups in total. The summed E-state index contributed by atoms with van der Waals surface area (Å²) < 4.78 is 0. The number of aliphatic hydroxyl groups excluding tert-OH is 1. The number of rotatable bonds is 9. The van der Waals surface area contributed by atoms with Crippen LogP contribution in [0.5, 0.6) is 0 Å². The van der Waals surface area contributed by atoms with Crippen LogP contribution in [-0.4, -0.2) is 59.6 Å². The first kappa shape index (κ1) is 25.5. The molecule has 1 saturated carbocycles. The topological polar surface area (TPSA) is 94.6 Å². The highest BCUT2D eigenvalue weighted by molar-refractivity contribution is 5.96. The van der Waals surface area contributed by atoms with E-state index >= 15 is 0 Å². The third kappa shape index (κ3) is 6.17. The molecule has 7 nitrogen and oxygen atoms in total. The second-order valence-corrected chi connectivity index (χ2v) is 9.83. The van der Waals surface area contributed by atoms with Crippen molar-refractivity contribution < 1.29 is 14.7 Å². The van der Waals surface area contributed by atoms with Gasteiger partial charge in [-0.3, -0.25) is 14.6 Å². The third-order valence-electron chi connectivity index (χ3n) is 6.76. The summed E-state index contributed by atoms with van der Waals surface area (Å²) in [5.41, 5.74) is 3.48. The van der Waals surface area contributed by atoms with E-state index in [4.69, 9.17) is 0 Å². The van der Waals surface area contributed by atoms with E-state index in [-0.39, 0.29) is 24.0 Å². The first-order valence-corrected chi connectivity index (χ1v) is 12.4. The Hall–Kier alpha value is -3.55. The van der Waals surface area contributed by atoms with Crippen LogP contribution in [-0.2, 0) is 0 Å². The van der Waals surface area contributed by atoms with Gasteiger partial charge in [-0.25, -0.2) is 0 Å². The highest BCUT2D eigenvalue weighted by Gasteiger charge is 2.36. The Morgan fingerprint density at radius 1 is 0.944 bits per heavy atom. The van der Waals surface area contributed by atoms with Crippen molar-refractivity contribution >= 4 is 11.8 Å². The van der Waals surface area contributed by atoms with Gasteiger partial charge in [0.25, 0.3) is 11.8 Å². The minimum atomic E-state index is -0.632. The molecule has 0 spiro atoms. The maximum absolute atomic E-state index is 13.2. The van der Waals surface area contributed by atoms with Crippen molar-refractivity contribution in [1.29, 1.82) is 0 Å². The normalized spacial score (nSPS) is 15.4. The molecule has 2 aromatic carbocycles. The lowest BCUT2D eigenvalue weighted by Gasteiger charge is -2.33. The number of aromatic nitrogens is 1. The standard InChI is InChI=1S/C29H34N4O3/c1-33(2)20-29(14-3-4-15-29)32-28(36)25-7-5-6-24(18-25)26(19-34)31-27(35)23-10-8-21(9-11-23)22-12-16-30-17-13-22/h5-13,16-18,26,34H,3-4,14-15,19-20H2,1-2H3,(H,31,35)(H,32,36)/t26-/m1/s1. The van der Waals surface area contributed by atoms with E-state index in [0.717, 1.165) is 43.4 Å². The molecule has 0 bridgehead atoms. The average Bonchev–Trinajstić information content (AvgIpc) is 3.34. The zero-order chi connectivity index (χ0) is 25.5. The Morgan fingerprint density at radius 3 is 2.25 bits per heavy atom. The second kappa shape index (κ2) is 11.5. The molecule has 1 heterocycles. The van der Waals surface area contributed by atoms with Crippen molar-refractivity contribution in [2.45, 2.75) is 37.3 Å². The number of hydrogen-bond donors (Lipinski definition) is 3. The fourth-order valence-electron chi connectivity index (χ4n) is 5.02. The summed E-state index contributed by atoms with van der Waals surface area (Å²) in [5, 5.41) is 16.2. The van der Waals surface area contributed by atoms with Gasteiger partial charge in [0.05, 0.1) is 18.2 Å². The number of carbonyl (C=O) groups is 2. The number of nitrogens with zero attached hydrogens (tertiary/aromatic N) is 2. The van der Waals surface area contributed by atoms with Crippen molar-refractivity contribution in [3.05, 3.63) is 89.7 Å². The van der Waals surface area contributed by atoms with Crippen LogP contribution in [0.25, 0.3) is 11.1 Å². The molecular formula is C29H34N4O3. The lowest BCUT2D eigenvalue weighted by Crippen LogP contribution is -2.52.